The molecule has 0 bridgehead atoms. The van der Waals surface area contributed by atoms with Crippen LogP contribution in [-0.2, 0) is 11.2 Å². The summed E-state index contributed by atoms with van der Waals surface area (Å²) >= 11 is 1.32. The van der Waals surface area contributed by atoms with Gasteiger partial charge in [0.05, 0.1) is 11.4 Å². The van der Waals surface area contributed by atoms with Crippen molar-refractivity contribution in [3.63, 3.8) is 0 Å². The topological polar surface area (TPSA) is 59.8 Å². The standard InChI is InChI=1S/C18H18N4OS/c1-2-14-8-6-7-11-16(14)20-17(23)12-24-18-19-13-22(21-18)15-9-4-3-5-10-15/h3-11,13H,2,12H2,1H3,(H,20,23). The van der Waals surface area contributed by atoms with E-state index in [4.69, 9.17) is 0 Å². The summed E-state index contributed by atoms with van der Waals surface area (Å²) in [5, 5.41) is 7.91. The Kier molecular flexibility index (Phi) is 5.28. The summed E-state index contributed by atoms with van der Waals surface area (Å²) in [5.41, 5.74) is 2.94. The number of anilines is 1. The number of aryl methyl sites for hydroxylation is 1. The van der Waals surface area contributed by atoms with Crippen LogP contribution >= 0.6 is 11.8 Å². The van der Waals surface area contributed by atoms with Crippen molar-refractivity contribution >= 4 is 23.4 Å². The molecule has 0 aliphatic heterocycles. The molecule has 5 nitrogen and oxygen atoms in total. The van der Waals surface area contributed by atoms with E-state index < -0.39 is 0 Å². The predicted molar refractivity (Wildman–Crippen MR) is 96.5 cm³/mol. The SMILES string of the molecule is CCc1ccccc1NC(=O)CSc1ncn(-c2ccccc2)n1. The first kappa shape index (κ1) is 16.3. The quantitative estimate of drug-likeness (QED) is 0.698. The van der Waals surface area contributed by atoms with Crippen LogP contribution in [0.5, 0.6) is 0 Å². The molecule has 3 aromatic rings. The summed E-state index contributed by atoms with van der Waals surface area (Å²) in [4.78, 5) is 16.4. The number of rotatable bonds is 6. The lowest BCUT2D eigenvalue weighted by atomic mass is 10.1. The summed E-state index contributed by atoms with van der Waals surface area (Å²) in [6.07, 6.45) is 2.54. The number of nitrogens with zero attached hydrogens (tertiary/aromatic N) is 3. The Morgan fingerprint density at radius 3 is 2.67 bits per heavy atom. The first-order valence-electron chi connectivity index (χ1n) is 7.74. The average molecular weight is 338 g/mol. The molecule has 0 radical (unpaired) electrons. The van der Waals surface area contributed by atoms with Gasteiger partial charge in [-0.2, -0.15) is 0 Å². The Morgan fingerprint density at radius 2 is 1.88 bits per heavy atom. The number of benzene rings is 2. The first-order valence-corrected chi connectivity index (χ1v) is 8.72. The van der Waals surface area contributed by atoms with Crippen LogP contribution in [0.15, 0.2) is 66.1 Å². The van der Waals surface area contributed by atoms with Crippen molar-refractivity contribution < 1.29 is 4.79 Å². The third kappa shape index (κ3) is 4.02. The summed E-state index contributed by atoms with van der Waals surface area (Å²) < 4.78 is 1.70. The highest BCUT2D eigenvalue weighted by atomic mass is 32.2. The number of hydrogen-bond acceptors (Lipinski definition) is 4. The molecular formula is C18H18N4OS. The molecule has 1 heterocycles. The molecule has 0 aliphatic rings. The van der Waals surface area contributed by atoms with E-state index in [2.05, 4.69) is 22.3 Å². The molecule has 0 spiro atoms. The first-order chi connectivity index (χ1) is 11.8. The number of aromatic nitrogens is 3. The van der Waals surface area contributed by atoms with Crippen LogP contribution in [0.25, 0.3) is 5.69 Å². The van der Waals surface area contributed by atoms with Gasteiger partial charge in [0.15, 0.2) is 0 Å². The summed E-state index contributed by atoms with van der Waals surface area (Å²) in [7, 11) is 0. The second-order valence-electron chi connectivity index (χ2n) is 5.15. The van der Waals surface area contributed by atoms with E-state index in [-0.39, 0.29) is 11.7 Å². The van der Waals surface area contributed by atoms with Crippen LogP contribution < -0.4 is 5.32 Å². The minimum atomic E-state index is -0.0584. The van der Waals surface area contributed by atoms with Crippen molar-refractivity contribution in [2.75, 3.05) is 11.1 Å². The molecule has 2 aromatic carbocycles. The molecule has 0 aliphatic carbocycles. The van der Waals surface area contributed by atoms with E-state index in [0.29, 0.717) is 5.16 Å². The van der Waals surface area contributed by atoms with Gasteiger partial charge in [-0.05, 0) is 30.2 Å². The number of thioether (sulfide) groups is 1. The molecule has 24 heavy (non-hydrogen) atoms. The van der Waals surface area contributed by atoms with Crippen molar-refractivity contribution in [3.8, 4) is 5.69 Å². The number of para-hydroxylation sites is 2. The van der Waals surface area contributed by atoms with Gasteiger partial charge in [-0.3, -0.25) is 4.79 Å². The maximum Gasteiger partial charge on any atom is 0.234 e. The third-order valence-electron chi connectivity index (χ3n) is 3.50. The highest BCUT2D eigenvalue weighted by Crippen LogP contribution is 2.18. The molecule has 6 heteroatoms. The number of carbonyl (C=O) groups is 1. The zero-order valence-corrected chi connectivity index (χ0v) is 14.2. The third-order valence-corrected chi connectivity index (χ3v) is 4.35. The fourth-order valence-corrected chi connectivity index (χ4v) is 2.89. The zero-order valence-electron chi connectivity index (χ0n) is 13.3. The zero-order chi connectivity index (χ0) is 16.8. The van der Waals surface area contributed by atoms with Crippen molar-refractivity contribution in [1.82, 2.24) is 14.8 Å². The van der Waals surface area contributed by atoms with E-state index >= 15 is 0 Å². The molecule has 122 valence electrons. The Labute approximate surface area is 145 Å². The molecular weight excluding hydrogens is 320 g/mol. The van der Waals surface area contributed by atoms with E-state index in [1.54, 1.807) is 11.0 Å². The van der Waals surface area contributed by atoms with E-state index in [1.807, 2.05) is 54.6 Å². The highest BCUT2D eigenvalue weighted by molar-refractivity contribution is 7.99. The van der Waals surface area contributed by atoms with Crippen LogP contribution in [0.3, 0.4) is 0 Å². The van der Waals surface area contributed by atoms with Gasteiger partial charge >= 0.3 is 0 Å². The molecule has 1 N–H and O–H groups in total. The average Bonchev–Trinajstić information content (AvgIpc) is 3.10. The van der Waals surface area contributed by atoms with Crippen LogP contribution in [0.4, 0.5) is 5.69 Å². The normalized spacial score (nSPS) is 10.5. The van der Waals surface area contributed by atoms with E-state index in [0.717, 1.165) is 23.4 Å². The molecule has 0 fully saturated rings. The Balaban J connectivity index is 1.58. The largest absolute Gasteiger partial charge is 0.325 e. The fourth-order valence-electron chi connectivity index (χ4n) is 2.29. The number of nitrogens with one attached hydrogen (secondary N) is 1. The Hall–Kier alpha value is -2.60. The van der Waals surface area contributed by atoms with Gasteiger partial charge in [-0.1, -0.05) is 55.1 Å². The van der Waals surface area contributed by atoms with Crippen molar-refractivity contribution in [3.05, 3.63) is 66.5 Å². The van der Waals surface area contributed by atoms with E-state index in [1.165, 1.54) is 11.8 Å². The summed E-state index contributed by atoms with van der Waals surface area (Å²) in [6, 6.07) is 17.6. The van der Waals surface area contributed by atoms with E-state index in [9.17, 15) is 4.79 Å². The van der Waals surface area contributed by atoms with Gasteiger partial charge in [0.25, 0.3) is 0 Å². The smallest absolute Gasteiger partial charge is 0.234 e. The minimum absolute atomic E-state index is 0.0584. The van der Waals surface area contributed by atoms with Gasteiger partial charge in [0.2, 0.25) is 11.1 Å². The molecule has 0 unspecified atom stereocenters. The molecule has 3 rings (SSSR count). The van der Waals surface area contributed by atoms with Gasteiger partial charge in [-0.15, -0.1) is 5.10 Å². The van der Waals surface area contributed by atoms with Gasteiger partial charge in [0, 0.05) is 5.69 Å². The van der Waals surface area contributed by atoms with Crippen molar-refractivity contribution in [2.24, 2.45) is 0 Å². The lowest BCUT2D eigenvalue weighted by Gasteiger charge is -2.08. The lowest BCUT2D eigenvalue weighted by Crippen LogP contribution is -2.15. The summed E-state index contributed by atoms with van der Waals surface area (Å²) in [6.45, 7) is 2.07. The second kappa shape index (κ2) is 7.79. The van der Waals surface area contributed by atoms with Gasteiger partial charge in [0.1, 0.15) is 6.33 Å². The maximum absolute atomic E-state index is 12.1. The van der Waals surface area contributed by atoms with Crippen molar-refractivity contribution in [1.29, 1.82) is 0 Å². The summed E-state index contributed by atoms with van der Waals surface area (Å²) in [5.74, 6) is 0.216. The molecule has 0 saturated carbocycles. The van der Waals surface area contributed by atoms with Crippen LogP contribution in [0.1, 0.15) is 12.5 Å². The lowest BCUT2D eigenvalue weighted by molar-refractivity contribution is -0.113. The van der Waals surface area contributed by atoms with Gasteiger partial charge < -0.3 is 5.32 Å². The Morgan fingerprint density at radius 1 is 1.12 bits per heavy atom. The number of amides is 1. The fraction of sp³-hybridized carbons (Fsp3) is 0.167. The molecule has 1 aromatic heterocycles. The number of hydrogen-bond donors (Lipinski definition) is 1. The van der Waals surface area contributed by atoms with Crippen LogP contribution in [-0.4, -0.2) is 26.4 Å². The monoisotopic (exact) mass is 338 g/mol. The Bertz CT molecular complexity index is 817. The predicted octanol–water partition coefficient (Wildman–Crippen LogP) is 3.56. The molecule has 1 amide bonds. The molecule has 0 atom stereocenters. The van der Waals surface area contributed by atoms with Gasteiger partial charge in [-0.25, -0.2) is 9.67 Å². The van der Waals surface area contributed by atoms with Crippen molar-refractivity contribution in [2.45, 2.75) is 18.5 Å². The maximum atomic E-state index is 12.1. The highest BCUT2D eigenvalue weighted by Gasteiger charge is 2.09. The van der Waals surface area contributed by atoms with Crippen LogP contribution in [0.2, 0.25) is 0 Å². The minimum Gasteiger partial charge on any atom is -0.325 e. The van der Waals surface area contributed by atoms with Crippen LogP contribution in [0, 0.1) is 0 Å². The number of carbonyl (C=O) groups excluding carboxylic acids is 1. The molecule has 0 saturated heterocycles. The second-order valence-corrected chi connectivity index (χ2v) is 6.10.